The topological polar surface area (TPSA) is 87.7 Å². The molecule has 2 amide bonds. The number of carboxylic acid groups (broad SMARTS) is 1. The number of carbonyl (C=O) groups excluding carboxylic acids is 1. The van der Waals surface area contributed by atoms with Gasteiger partial charge in [-0.25, -0.2) is 9.59 Å². The van der Waals surface area contributed by atoms with Gasteiger partial charge in [0.25, 0.3) is 0 Å². The monoisotopic (exact) mass is 294 g/mol. The van der Waals surface area contributed by atoms with Crippen molar-refractivity contribution in [3.63, 3.8) is 0 Å². The number of ether oxygens (including phenoxy) is 1. The van der Waals surface area contributed by atoms with Crippen LogP contribution in [0, 0.1) is 6.92 Å². The van der Waals surface area contributed by atoms with Gasteiger partial charge in [-0.1, -0.05) is 0 Å². The van der Waals surface area contributed by atoms with E-state index in [1.165, 1.54) is 6.07 Å². The first-order valence-corrected chi connectivity index (χ1v) is 6.92. The summed E-state index contributed by atoms with van der Waals surface area (Å²) in [7, 11) is 1.67. The second kappa shape index (κ2) is 8.97. The van der Waals surface area contributed by atoms with Crippen LogP contribution in [-0.2, 0) is 4.74 Å². The third-order valence-corrected chi connectivity index (χ3v) is 3.03. The van der Waals surface area contributed by atoms with Crippen molar-refractivity contribution < 1.29 is 19.4 Å². The molecule has 0 saturated heterocycles. The minimum atomic E-state index is -0.973. The van der Waals surface area contributed by atoms with E-state index >= 15 is 0 Å². The van der Waals surface area contributed by atoms with Crippen molar-refractivity contribution >= 4 is 17.7 Å². The quantitative estimate of drug-likeness (QED) is 0.643. The summed E-state index contributed by atoms with van der Waals surface area (Å²) in [5, 5.41) is 14.4. The van der Waals surface area contributed by atoms with Gasteiger partial charge < -0.3 is 20.5 Å². The van der Waals surface area contributed by atoms with Gasteiger partial charge in [0.05, 0.1) is 5.56 Å². The molecule has 6 nitrogen and oxygen atoms in total. The lowest BCUT2D eigenvalue weighted by Crippen LogP contribution is -2.29. The molecule has 0 unspecified atom stereocenters. The van der Waals surface area contributed by atoms with Gasteiger partial charge in [0.2, 0.25) is 0 Å². The van der Waals surface area contributed by atoms with Gasteiger partial charge in [-0.15, -0.1) is 0 Å². The van der Waals surface area contributed by atoms with Crippen molar-refractivity contribution in [1.82, 2.24) is 5.32 Å². The van der Waals surface area contributed by atoms with E-state index in [0.717, 1.165) is 25.9 Å². The maximum Gasteiger partial charge on any atom is 0.335 e. The Kier molecular flexibility index (Phi) is 7.25. The Morgan fingerprint density at radius 3 is 2.62 bits per heavy atom. The second-order valence-corrected chi connectivity index (χ2v) is 4.77. The summed E-state index contributed by atoms with van der Waals surface area (Å²) in [5.41, 5.74) is 1.42. The van der Waals surface area contributed by atoms with Crippen LogP contribution in [0.4, 0.5) is 10.5 Å². The van der Waals surface area contributed by atoms with E-state index in [0.29, 0.717) is 17.8 Å². The average Bonchev–Trinajstić information content (AvgIpc) is 2.42. The van der Waals surface area contributed by atoms with Crippen LogP contribution in [0.25, 0.3) is 0 Å². The molecule has 0 aromatic heterocycles. The Labute approximate surface area is 124 Å². The number of urea groups is 1. The van der Waals surface area contributed by atoms with Gasteiger partial charge in [-0.05, 0) is 49.9 Å². The summed E-state index contributed by atoms with van der Waals surface area (Å²) in [6.07, 6.45) is 2.88. The molecule has 1 aromatic rings. The fraction of sp³-hybridized carbons (Fsp3) is 0.467. The molecule has 3 N–H and O–H groups in total. The third kappa shape index (κ3) is 6.27. The number of nitrogens with one attached hydrogen (secondary N) is 2. The number of amides is 2. The molecule has 0 radical (unpaired) electrons. The number of hydrogen-bond donors (Lipinski definition) is 3. The van der Waals surface area contributed by atoms with E-state index in [9.17, 15) is 9.59 Å². The zero-order chi connectivity index (χ0) is 15.7. The van der Waals surface area contributed by atoms with Gasteiger partial charge in [0.1, 0.15) is 0 Å². The van der Waals surface area contributed by atoms with Crippen LogP contribution in [0.5, 0.6) is 0 Å². The van der Waals surface area contributed by atoms with Crippen molar-refractivity contribution in [2.45, 2.75) is 26.2 Å². The highest BCUT2D eigenvalue weighted by atomic mass is 16.5. The standard InChI is InChI=1S/C15H22N2O4/c1-11-10-12(6-7-13(11)14(18)19)17-15(20)16-8-4-3-5-9-21-2/h6-7,10H,3-5,8-9H2,1-2H3,(H,18,19)(H2,16,17,20). The Balaban J connectivity index is 2.34. The number of aryl methyl sites for hydroxylation is 1. The first-order valence-electron chi connectivity index (χ1n) is 6.92. The molecule has 0 aliphatic heterocycles. The minimum absolute atomic E-state index is 0.235. The van der Waals surface area contributed by atoms with E-state index in [2.05, 4.69) is 10.6 Å². The SMILES string of the molecule is COCCCCCNC(=O)Nc1ccc(C(=O)O)c(C)c1. The fourth-order valence-corrected chi connectivity index (χ4v) is 1.91. The number of aromatic carboxylic acids is 1. The Morgan fingerprint density at radius 1 is 1.24 bits per heavy atom. The molecular weight excluding hydrogens is 272 g/mol. The lowest BCUT2D eigenvalue weighted by atomic mass is 10.1. The Morgan fingerprint density at radius 2 is 2.00 bits per heavy atom. The van der Waals surface area contributed by atoms with Gasteiger partial charge in [0.15, 0.2) is 0 Å². The molecule has 0 aliphatic carbocycles. The molecule has 0 bridgehead atoms. The summed E-state index contributed by atoms with van der Waals surface area (Å²) in [6, 6.07) is 4.41. The molecule has 1 aromatic carbocycles. The predicted molar refractivity (Wildman–Crippen MR) is 80.9 cm³/mol. The molecule has 0 atom stereocenters. The zero-order valence-electron chi connectivity index (χ0n) is 12.4. The van der Waals surface area contributed by atoms with Crippen molar-refractivity contribution in [3.8, 4) is 0 Å². The maximum atomic E-state index is 11.7. The van der Waals surface area contributed by atoms with Crippen LogP contribution in [0.2, 0.25) is 0 Å². The molecule has 1 rings (SSSR count). The predicted octanol–water partition coefficient (Wildman–Crippen LogP) is 2.63. The summed E-state index contributed by atoms with van der Waals surface area (Å²) in [5.74, 6) is -0.973. The largest absolute Gasteiger partial charge is 0.478 e. The number of carbonyl (C=O) groups is 2. The molecule has 116 valence electrons. The van der Waals surface area contributed by atoms with E-state index in [1.54, 1.807) is 26.2 Å². The van der Waals surface area contributed by atoms with Crippen LogP contribution in [0.15, 0.2) is 18.2 Å². The highest BCUT2D eigenvalue weighted by Crippen LogP contribution is 2.15. The lowest BCUT2D eigenvalue weighted by Gasteiger charge is -2.09. The zero-order valence-corrected chi connectivity index (χ0v) is 12.4. The van der Waals surface area contributed by atoms with Gasteiger partial charge in [0, 0.05) is 25.9 Å². The van der Waals surface area contributed by atoms with Crippen LogP contribution < -0.4 is 10.6 Å². The number of hydrogen-bond acceptors (Lipinski definition) is 3. The van der Waals surface area contributed by atoms with E-state index in [1.807, 2.05) is 0 Å². The molecule has 0 fully saturated rings. The van der Waals surface area contributed by atoms with Gasteiger partial charge in [-0.2, -0.15) is 0 Å². The minimum Gasteiger partial charge on any atom is -0.478 e. The third-order valence-electron chi connectivity index (χ3n) is 3.03. The first kappa shape index (κ1) is 17.0. The molecule has 6 heteroatoms. The van der Waals surface area contributed by atoms with Crippen molar-refractivity contribution in [2.75, 3.05) is 25.6 Å². The van der Waals surface area contributed by atoms with Crippen molar-refractivity contribution in [3.05, 3.63) is 29.3 Å². The molecule has 0 heterocycles. The summed E-state index contributed by atoms with van der Waals surface area (Å²) in [6.45, 7) is 3.03. The Bertz CT molecular complexity index is 489. The van der Waals surface area contributed by atoms with Crippen LogP contribution >= 0.6 is 0 Å². The van der Waals surface area contributed by atoms with E-state index < -0.39 is 5.97 Å². The summed E-state index contributed by atoms with van der Waals surface area (Å²) >= 11 is 0. The number of benzene rings is 1. The normalized spacial score (nSPS) is 10.2. The van der Waals surface area contributed by atoms with Crippen LogP contribution in [-0.4, -0.2) is 37.4 Å². The number of rotatable bonds is 8. The second-order valence-electron chi connectivity index (χ2n) is 4.77. The first-order chi connectivity index (χ1) is 10.0. The Hall–Kier alpha value is -2.08. The van der Waals surface area contributed by atoms with E-state index in [4.69, 9.17) is 9.84 Å². The molecule has 0 saturated carbocycles. The highest BCUT2D eigenvalue weighted by molar-refractivity contribution is 5.92. The van der Waals surface area contributed by atoms with Crippen LogP contribution in [0.1, 0.15) is 35.2 Å². The van der Waals surface area contributed by atoms with Gasteiger partial charge >= 0.3 is 12.0 Å². The van der Waals surface area contributed by atoms with Crippen molar-refractivity contribution in [2.24, 2.45) is 0 Å². The molecule has 0 spiro atoms. The number of methoxy groups -OCH3 is 1. The van der Waals surface area contributed by atoms with E-state index in [-0.39, 0.29) is 11.6 Å². The molecule has 0 aliphatic rings. The van der Waals surface area contributed by atoms with Crippen molar-refractivity contribution in [1.29, 1.82) is 0 Å². The smallest absolute Gasteiger partial charge is 0.335 e. The number of unbranched alkanes of at least 4 members (excludes halogenated alkanes) is 2. The number of carboxylic acids is 1. The van der Waals surface area contributed by atoms with Gasteiger partial charge in [-0.3, -0.25) is 0 Å². The molecule has 21 heavy (non-hydrogen) atoms. The fourth-order valence-electron chi connectivity index (χ4n) is 1.91. The molecular formula is C15H22N2O4. The summed E-state index contributed by atoms with van der Waals surface area (Å²) in [4.78, 5) is 22.6. The van der Waals surface area contributed by atoms with Crippen LogP contribution in [0.3, 0.4) is 0 Å². The highest BCUT2D eigenvalue weighted by Gasteiger charge is 2.08. The maximum absolute atomic E-state index is 11.7. The summed E-state index contributed by atoms with van der Waals surface area (Å²) < 4.78 is 4.94. The lowest BCUT2D eigenvalue weighted by molar-refractivity contribution is 0.0696. The average molecular weight is 294 g/mol. The number of anilines is 1.